The summed E-state index contributed by atoms with van der Waals surface area (Å²) in [5.41, 5.74) is 4.09. The fourth-order valence-corrected chi connectivity index (χ4v) is 4.73. The van der Waals surface area contributed by atoms with E-state index in [0.29, 0.717) is 31.7 Å². The van der Waals surface area contributed by atoms with Gasteiger partial charge in [-0.05, 0) is 30.7 Å². The first-order valence-corrected chi connectivity index (χ1v) is 11.3. The van der Waals surface area contributed by atoms with Gasteiger partial charge in [-0.3, -0.25) is 4.79 Å². The third kappa shape index (κ3) is 5.81. The smallest absolute Gasteiger partial charge is 0.295 e. The molecule has 1 amide bonds. The Kier molecular flexibility index (Phi) is 7.26. The number of aryl methyl sites for hydroxylation is 1. The van der Waals surface area contributed by atoms with Crippen molar-refractivity contribution in [2.45, 2.75) is 11.8 Å². The lowest BCUT2D eigenvalue weighted by atomic mass is 10.2. The number of hydrazone groups is 1. The van der Waals surface area contributed by atoms with Crippen LogP contribution in [0, 0.1) is 6.92 Å². The number of carbonyl (C=O) groups excluding carboxylic acids is 1. The molecule has 0 radical (unpaired) electrons. The van der Waals surface area contributed by atoms with Crippen molar-refractivity contribution in [3.63, 3.8) is 0 Å². The fourth-order valence-electron chi connectivity index (χ4n) is 3.29. The molecule has 0 spiro atoms. The van der Waals surface area contributed by atoms with E-state index in [0.717, 1.165) is 10.5 Å². The van der Waals surface area contributed by atoms with Crippen molar-refractivity contribution in [3.05, 3.63) is 53.6 Å². The van der Waals surface area contributed by atoms with Crippen LogP contribution in [0.1, 0.15) is 11.1 Å². The number of amides is 1. The van der Waals surface area contributed by atoms with Crippen LogP contribution in [0.25, 0.3) is 0 Å². The van der Waals surface area contributed by atoms with E-state index >= 15 is 0 Å². The molecule has 0 unspecified atom stereocenters. The van der Waals surface area contributed by atoms with E-state index in [1.54, 1.807) is 30.3 Å². The molecule has 2 aromatic rings. The third-order valence-corrected chi connectivity index (χ3v) is 7.00. The molecular weight excluding hydrogens is 420 g/mol. The number of piperazine rings is 1. The summed E-state index contributed by atoms with van der Waals surface area (Å²) >= 11 is 0. The number of carbonyl (C=O) groups is 1. The van der Waals surface area contributed by atoms with E-state index in [9.17, 15) is 18.3 Å². The maximum Gasteiger partial charge on any atom is 0.295 e. The highest BCUT2D eigenvalue weighted by molar-refractivity contribution is 7.89. The van der Waals surface area contributed by atoms with Crippen LogP contribution in [0.2, 0.25) is 0 Å². The highest BCUT2D eigenvalue weighted by Gasteiger charge is 2.31. The van der Waals surface area contributed by atoms with Gasteiger partial charge in [0.05, 0.1) is 44.4 Å². The molecule has 0 saturated carbocycles. The van der Waals surface area contributed by atoms with Crippen molar-refractivity contribution in [2.24, 2.45) is 5.10 Å². The Morgan fingerprint density at radius 3 is 2.55 bits per heavy atom. The van der Waals surface area contributed by atoms with Crippen LogP contribution in [-0.4, -0.2) is 64.7 Å². The molecule has 2 N–H and O–H groups in total. The van der Waals surface area contributed by atoms with Crippen LogP contribution in [-0.2, 0) is 14.8 Å². The third-order valence-electron chi connectivity index (χ3n) is 5.09. The molecule has 0 bridgehead atoms. The van der Waals surface area contributed by atoms with Crippen molar-refractivity contribution in [3.8, 4) is 11.5 Å². The van der Waals surface area contributed by atoms with Gasteiger partial charge in [0.1, 0.15) is 5.75 Å². The first kappa shape index (κ1) is 22.7. The van der Waals surface area contributed by atoms with Gasteiger partial charge in [0.25, 0.3) is 5.91 Å². The molecule has 166 valence electrons. The Bertz CT molecular complexity index is 1050. The van der Waals surface area contributed by atoms with E-state index in [1.807, 2.05) is 6.92 Å². The van der Waals surface area contributed by atoms with Gasteiger partial charge in [-0.25, -0.2) is 13.8 Å². The largest absolute Gasteiger partial charge is 0.870 e. The zero-order chi connectivity index (χ0) is 22.4. The van der Waals surface area contributed by atoms with Crippen LogP contribution in [0.5, 0.6) is 11.5 Å². The second-order valence-corrected chi connectivity index (χ2v) is 9.29. The Hall–Kier alpha value is -2.95. The van der Waals surface area contributed by atoms with E-state index in [-0.39, 0.29) is 28.8 Å². The van der Waals surface area contributed by atoms with Crippen molar-refractivity contribution in [2.75, 3.05) is 39.8 Å². The van der Waals surface area contributed by atoms with Crippen molar-refractivity contribution in [1.82, 2.24) is 9.73 Å². The van der Waals surface area contributed by atoms with E-state index < -0.39 is 10.0 Å². The number of ether oxygens (including phenoxy) is 1. The monoisotopic (exact) mass is 446 g/mol. The van der Waals surface area contributed by atoms with Gasteiger partial charge in [0.15, 0.2) is 6.54 Å². The standard InChI is InChI=1S/C21H26N4O5S/c1-16-3-6-18(7-4-16)31(28,29)25-11-9-24(10-12-25)15-21(27)23-22-14-17-5-8-19(26)20(13-17)30-2/h3-8,13-14,26H,9-12,15H2,1-2H3,(H,23,27). The average Bonchev–Trinajstić information content (AvgIpc) is 2.75. The number of rotatable bonds is 7. The van der Waals surface area contributed by atoms with Gasteiger partial charge < -0.3 is 14.7 Å². The summed E-state index contributed by atoms with van der Waals surface area (Å²) in [5.74, 6) is -0.289. The van der Waals surface area contributed by atoms with Crippen molar-refractivity contribution >= 4 is 22.1 Å². The Labute approximate surface area is 182 Å². The molecule has 9 nitrogen and oxygen atoms in total. The number of methoxy groups -OCH3 is 1. The number of nitrogens with one attached hydrogen (secondary N) is 2. The van der Waals surface area contributed by atoms with Gasteiger partial charge in [0.2, 0.25) is 10.0 Å². The molecule has 1 aliphatic rings. The van der Waals surface area contributed by atoms with Gasteiger partial charge >= 0.3 is 0 Å². The summed E-state index contributed by atoms with van der Waals surface area (Å²) in [5, 5.41) is 15.4. The SMILES string of the molecule is COc1cc(C=NNC(=O)C[NH+]2CCN(S(=O)(=O)c3ccc(C)cc3)CC2)ccc1[O-]. The zero-order valence-electron chi connectivity index (χ0n) is 17.5. The van der Waals surface area contributed by atoms with Crippen LogP contribution in [0.15, 0.2) is 52.5 Å². The molecule has 1 saturated heterocycles. The van der Waals surface area contributed by atoms with E-state index in [4.69, 9.17) is 4.74 Å². The number of quaternary nitrogens is 1. The first-order chi connectivity index (χ1) is 14.8. The predicted octanol–water partition coefficient (Wildman–Crippen LogP) is -0.883. The minimum Gasteiger partial charge on any atom is -0.870 e. The normalized spacial score (nSPS) is 15.8. The summed E-state index contributed by atoms with van der Waals surface area (Å²) in [6, 6.07) is 11.3. The van der Waals surface area contributed by atoms with Crippen molar-refractivity contribution < 1.29 is 28.0 Å². The van der Waals surface area contributed by atoms with Crippen LogP contribution < -0.4 is 20.2 Å². The zero-order valence-corrected chi connectivity index (χ0v) is 18.3. The lowest BCUT2D eigenvalue weighted by molar-refractivity contribution is -0.895. The molecule has 1 fully saturated rings. The number of hydrogen-bond acceptors (Lipinski definition) is 6. The lowest BCUT2D eigenvalue weighted by Gasteiger charge is -2.31. The molecule has 10 heteroatoms. The molecule has 1 heterocycles. The van der Waals surface area contributed by atoms with Gasteiger partial charge in [-0.2, -0.15) is 9.41 Å². The lowest BCUT2D eigenvalue weighted by Crippen LogP contribution is -3.15. The molecule has 0 aliphatic carbocycles. The van der Waals surface area contributed by atoms with Gasteiger partial charge in [-0.1, -0.05) is 35.6 Å². The van der Waals surface area contributed by atoms with E-state index in [2.05, 4.69) is 10.5 Å². The summed E-state index contributed by atoms with van der Waals surface area (Å²) in [4.78, 5) is 13.4. The summed E-state index contributed by atoms with van der Waals surface area (Å²) < 4.78 is 32.0. The number of benzene rings is 2. The fraction of sp³-hybridized carbons (Fsp3) is 0.333. The summed E-state index contributed by atoms with van der Waals surface area (Å²) in [6.07, 6.45) is 1.43. The minimum absolute atomic E-state index is 0.193. The van der Waals surface area contributed by atoms with Crippen LogP contribution >= 0.6 is 0 Å². The predicted molar refractivity (Wildman–Crippen MR) is 114 cm³/mol. The molecule has 1 aliphatic heterocycles. The molecule has 3 rings (SSSR count). The maximum absolute atomic E-state index is 12.8. The Balaban J connectivity index is 1.48. The quantitative estimate of drug-likeness (QED) is 0.423. The summed E-state index contributed by atoms with van der Waals surface area (Å²) in [6.45, 7) is 3.87. The van der Waals surface area contributed by atoms with Crippen LogP contribution in [0.3, 0.4) is 0 Å². The second-order valence-electron chi connectivity index (χ2n) is 7.35. The molecule has 31 heavy (non-hydrogen) atoms. The molecule has 0 aromatic heterocycles. The van der Waals surface area contributed by atoms with Crippen molar-refractivity contribution in [1.29, 1.82) is 0 Å². The van der Waals surface area contributed by atoms with Gasteiger partial charge in [0, 0.05) is 0 Å². The first-order valence-electron chi connectivity index (χ1n) is 9.87. The molecule has 2 aromatic carbocycles. The molecule has 0 atom stereocenters. The second kappa shape index (κ2) is 9.90. The maximum atomic E-state index is 12.8. The van der Waals surface area contributed by atoms with Gasteiger partial charge in [-0.15, -0.1) is 0 Å². The highest BCUT2D eigenvalue weighted by Crippen LogP contribution is 2.22. The summed E-state index contributed by atoms with van der Waals surface area (Å²) in [7, 11) is -2.11. The van der Waals surface area contributed by atoms with Crippen LogP contribution in [0.4, 0.5) is 0 Å². The molecular formula is C21H26N4O5S. The topological polar surface area (TPSA) is 116 Å². The Morgan fingerprint density at radius 1 is 1.23 bits per heavy atom. The van der Waals surface area contributed by atoms with E-state index in [1.165, 1.54) is 29.8 Å². The Morgan fingerprint density at radius 2 is 1.90 bits per heavy atom. The average molecular weight is 447 g/mol. The minimum atomic E-state index is -3.52. The number of sulfonamides is 1. The number of hydrogen-bond donors (Lipinski definition) is 2. The highest BCUT2D eigenvalue weighted by atomic mass is 32.2. The number of nitrogens with zero attached hydrogens (tertiary/aromatic N) is 2.